The molecule has 0 saturated carbocycles. The molecule has 1 rings (SSSR count). The predicted molar refractivity (Wildman–Crippen MR) is 40.2 cm³/mol. The van der Waals surface area contributed by atoms with Crippen LogP contribution in [0.5, 0.6) is 0 Å². The van der Waals surface area contributed by atoms with Gasteiger partial charge in [-0.25, -0.2) is 0 Å². The van der Waals surface area contributed by atoms with Crippen molar-refractivity contribution < 1.29 is 14.9 Å². The second kappa shape index (κ2) is 3.67. The number of rotatable bonds is 1. The average Bonchev–Trinajstić information content (AvgIpc) is 1.95. The summed E-state index contributed by atoms with van der Waals surface area (Å²) in [4.78, 5) is 0. The second-order valence-electron chi connectivity index (χ2n) is 2.41. The Bertz CT molecular complexity index is 109. The summed E-state index contributed by atoms with van der Waals surface area (Å²) >= 11 is 3.18. The molecule has 1 aliphatic rings. The fourth-order valence-electron chi connectivity index (χ4n) is 0.993. The lowest BCUT2D eigenvalue weighted by atomic mass is 10.0. The number of ether oxygens (including phenoxy) is 1. The van der Waals surface area contributed by atoms with Gasteiger partial charge in [0.15, 0.2) is 0 Å². The fraction of sp³-hybridized carbons (Fsp3) is 1.00. The number of aliphatic hydroxyl groups is 2. The third-order valence-corrected chi connectivity index (χ3v) is 2.31. The zero-order chi connectivity index (χ0) is 7.56. The van der Waals surface area contributed by atoms with Crippen molar-refractivity contribution in [2.75, 3.05) is 11.9 Å². The average molecular weight is 211 g/mol. The van der Waals surface area contributed by atoms with Crippen LogP contribution in [-0.4, -0.2) is 40.5 Å². The molecule has 0 amide bonds. The molecule has 60 valence electrons. The van der Waals surface area contributed by atoms with Crippen LogP contribution < -0.4 is 0 Å². The zero-order valence-corrected chi connectivity index (χ0v) is 7.12. The molecule has 0 radical (unpaired) electrons. The quantitative estimate of drug-likeness (QED) is 0.595. The number of alkyl halides is 1. The lowest BCUT2D eigenvalue weighted by molar-refractivity contribution is -0.124. The molecule has 2 N–H and O–H groups in total. The number of hydrogen-bond acceptors (Lipinski definition) is 3. The van der Waals surface area contributed by atoms with Gasteiger partial charge in [0.05, 0.1) is 12.2 Å². The van der Waals surface area contributed by atoms with Crippen molar-refractivity contribution in [3.8, 4) is 0 Å². The van der Waals surface area contributed by atoms with Crippen molar-refractivity contribution in [3.63, 3.8) is 0 Å². The molecular formula is C6H11BrO3. The first-order valence-electron chi connectivity index (χ1n) is 3.29. The van der Waals surface area contributed by atoms with Crippen LogP contribution in [0.2, 0.25) is 0 Å². The van der Waals surface area contributed by atoms with Gasteiger partial charge in [0.2, 0.25) is 0 Å². The van der Waals surface area contributed by atoms with Crippen molar-refractivity contribution >= 4 is 15.9 Å². The Labute approximate surface area is 68.1 Å². The summed E-state index contributed by atoms with van der Waals surface area (Å²) < 4.78 is 5.15. The maximum Gasteiger partial charge on any atom is 0.107 e. The van der Waals surface area contributed by atoms with E-state index in [0.717, 1.165) is 0 Å². The van der Waals surface area contributed by atoms with E-state index >= 15 is 0 Å². The monoisotopic (exact) mass is 210 g/mol. The molecule has 2 unspecified atom stereocenters. The highest BCUT2D eigenvalue weighted by molar-refractivity contribution is 9.09. The lowest BCUT2D eigenvalue weighted by Crippen LogP contribution is -2.45. The van der Waals surface area contributed by atoms with Crippen LogP contribution in [0.15, 0.2) is 0 Å². The zero-order valence-electron chi connectivity index (χ0n) is 5.53. The molecule has 0 spiro atoms. The maximum absolute atomic E-state index is 9.23. The summed E-state index contributed by atoms with van der Waals surface area (Å²) in [5.41, 5.74) is 0. The van der Waals surface area contributed by atoms with E-state index in [1.54, 1.807) is 0 Å². The SMILES string of the molecule is OC1CCOC(CBr)[C@H]1O. The normalized spacial score (nSPS) is 41.7. The molecule has 0 aromatic heterocycles. The predicted octanol–water partition coefficient (Wildman–Crippen LogP) is -0.108. The van der Waals surface area contributed by atoms with E-state index in [4.69, 9.17) is 9.84 Å². The van der Waals surface area contributed by atoms with Crippen LogP contribution >= 0.6 is 15.9 Å². The summed E-state index contributed by atoms with van der Waals surface area (Å²) in [6.45, 7) is 0.536. The molecule has 1 fully saturated rings. The van der Waals surface area contributed by atoms with Crippen molar-refractivity contribution in [1.29, 1.82) is 0 Å². The van der Waals surface area contributed by atoms with E-state index in [0.29, 0.717) is 18.4 Å². The van der Waals surface area contributed by atoms with Crippen molar-refractivity contribution in [2.24, 2.45) is 0 Å². The van der Waals surface area contributed by atoms with Gasteiger partial charge < -0.3 is 14.9 Å². The van der Waals surface area contributed by atoms with Gasteiger partial charge in [-0.2, -0.15) is 0 Å². The standard InChI is InChI=1S/C6H11BrO3/c7-3-5-6(9)4(8)1-2-10-5/h4-6,8-9H,1-3H2/t4?,5?,6-/m0/s1. The van der Waals surface area contributed by atoms with Gasteiger partial charge in [-0.05, 0) is 6.42 Å². The highest BCUT2D eigenvalue weighted by Gasteiger charge is 2.30. The molecule has 1 saturated heterocycles. The van der Waals surface area contributed by atoms with E-state index in [2.05, 4.69) is 15.9 Å². The molecule has 4 heteroatoms. The third kappa shape index (κ3) is 1.69. The fourth-order valence-corrected chi connectivity index (χ4v) is 1.56. The van der Waals surface area contributed by atoms with Crippen molar-refractivity contribution in [1.82, 2.24) is 0 Å². The minimum atomic E-state index is -0.729. The van der Waals surface area contributed by atoms with Crippen LogP contribution in [-0.2, 0) is 4.74 Å². The smallest absolute Gasteiger partial charge is 0.107 e. The Morgan fingerprint density at radius 2 is 2.20 bits per heavy atom. The molecule has 10 heavy (non-hydrogen) atoms. The minimum Gasteiger partial charge on any atom is -0.390 e. The van der Waals surface area contributed by atoms with Gasteiger partial charge in [-0.15, -0.1) is 0 Å². The van der Waals surface area contributed by atoms with Crippen molar-refractivity contribution in [2.45, 2.75) is 24.7 Å². The Morgan fingerprint density at radius 3 is 2.70 bits per heavy atom. The van der Waals surface area contributed by atoms with Crippen LogP contribution in [0.3, 0.4) is 0 Å². The molecule has 1 aliphatic heterocycles. The van der Waals surface area contributed by atoms with E-state index in [-0.39, 0.29) is 6.10 Å². The first-order chi connectivity index (χ1) is 4.75. The molecule has 3 atom stereocenters. The summed E-state index contributed by atoms with van der Waals surface area (Å²) in [5, 5.41) is 18.9. The highest BCUT2D eigenvalue weighted by atomic mass is 79.9. The Balaban J connectivity index is 2.42. The van der Waals surface area contributed by atoms with E-state index in [1.807, 2.05) is 0 Å². The molecule has 0 aromatic carbocycles. The summed E-state index contributed by atoms with van der Waals surface area (Å²) in [6, 6.07) is 0. The van der Waals surface area contributed by atoms with Crippen LogP contribution in [0, 0.1) is 0 Å². The largest absolute Gasteiger partial charge is 0.390 e. The van der Waals surface area contributed by atoms with Gasteiger partial charge in [0.1, 0.15) is 6.10 Å². The van der Waals surface area contributed by atoms with E-state index in [9.17, 15) is 5.11 Å². The third-order valence-electron chi connectivity index (χ3n) is 1.67. The van der Waals surface area contributed by atoms with Crippen LogP contribution in [0.1, 0.15) is 6.42 Å². The van der Waals surface area contributed by atoms with Gasteiger partial charge >= 0.3 is 0 Å². The Morgan fingerprint density at radius 1 is 1.50 bits per heavy atom. The van der Waals surface area contributed by atoms with Gasteiger partial charge in [0.25, 0.3) is 0 Å². The molecule has 0 bridgehead atoms. The summed E-state index contributed by atoms with van der Waals surface area (Å²) in [6.07, 6.45) is -1.06. The molecule has 0 aromatic rings. The first kappa shape index (κ1) is 8.46. The maximum atomic E-state index is 9.23. The highest BCUT2D eigenvalue weighted by Crippen LogP contribution is 2.15. The van der Waals surface area contributed by atoms with Crippen molar-refractivity contribution in [3.05, 3.63) is 0 Å². The van der Waals surface area contributed by atoms with Crippen LogP contribution in [0.25, 0.3) is 0 Å². The molecule has 1 heterocycles. The second-order valence-corrected chi connectivity index (χ2v) is 3.06. The molecular weight excluding hydrogens is 200 g/mol. The molecule has 0 aliphatic carbocycles. The molecule has 3 nitrogen and oxygen atoms in total. The number of aliphatic hydroxyl groups excluding tert-OH is 2. The van der Waals surface area contributed by atoms with Gasteiger partial charge in [-0.3, -0.25) is 0 Å². The van der Waals surface area contributed by atoms with E-state index in [1.165, 1.54) is 0 Å². The van der Waals surface area contributed by atoms with Gasteiger partial charge in [-0.1, -0.05) is 15.9 Å². The summed E-state index contributed by atoms with van der Waals surface area (Å²) in [5.74, 6) is 0. The van der Waals surface area contributed by atoms with Crippen LogP contribution in [0.4, 0.5) is 0 Å². The lowest BCUT2D eigenvalue weighted by Gasteiger charge is -2.30. The minimum absolute atomic E-state index is 0.247. The number of hydrogen-bond donors (Lipinski definition) is 2. The number of halogens is 1. The Hall–Kier alpha value is 0.360. The Kier molecular flexibility index (Phi) is 3.10. The first-order valence-corrected chi connectivity index (χ1v) is 4.41. The topological polar surface area (TPSA) is 49.7 Å². The summed E-state index contributed by atoms with van der Waals surface area (Å²) in [7, 11) is 0. The van der Waals surface area contributed by atoms with E-state index < -0.39 is 12.2 Å². The van der Waals surface area contributed by atoms with Gasteiger partial charge in [0, 0.05) is 11.9 Å².